The molecule has 2 nitrogen and oxygen atoms in total. The Bertz CT molecular complexity index is 540. The third kappa shape index (κ3) is 3.26. The van der Waals surface area contributed by atoms with Gasteiger partial charge < -0.3 is 10.1 Å². The molecule has 1 N–H and O–H groups in total. The van der Waals surface area contributed by atoms with E-state index in [-0.39, 0.29) is 0 Å². The molecular weight excluding hydrogens is 290 g/mol. The van der Waals surface area contributed by atoms with E-state index in [1.807, 2.05) is 18.2 Å². The maximum Gasteiger partial charge on any atom is 0.119 e. The van der Waals surface area contributed by atoms with E-state index >= 15 is 0 Å². The van der Waals surface area contributed by atoms with Crippen LogP contribution < -0.4 is 10.1 Å². The summed E-state index contributed by atoms with van der Waals surface area (Å²) in [6, 6.07) is 14.3. The number of hydrogen-bond donors (Lipinski definition) is 1. The van der Waals surface area contributed by atoms with Crippen LogP contribution in [0.2, 0.25) is 0 Å². The predicted octanol–water partition coefficient (Wildman–Crippen LogP) is 4.38. The van der Waals surface area contributed by atoms with Crippen molar-refractivity contribution < 1.29 is 4.74 Å². The minimum atomic E-state index is 0.777. The largest absolute Gasteiger partial charge is 0.497 e. The first-order valence-electron chi connectivity index (χ1n) is 5.82. The Labute approximate surface area is 116 Å². The lowest BCUT2D eigenvalue weighted by molar-refractivity contribution is 0.414. The summed E-state index contributed by atoms with van der Waals surface area (Å²) in [6.45, 7) is 2.86. The van der Waals surface area contributed by atoms with Gasteiger partial charge in [-0.2, -0.15) is 0 Å². The van der Waals surface area contributed by atoms with E-state index in [0.29, 0.717) is 0 Å². The molecule has 0 heterocycles. The highest BCUT2D eigenvalue weighted by molar-refractivity contribution is 9.10. The van der Waals surface area contributed by atoms with E-state index in [1.165, 1.54) is 11.1 Å². The second kappa shape index (κ2) is 5.91. The lowest BCUT2D eigenvalue weighted by Crippen LogP contribution is -2.00. The van der Waals surface area contributed by atoms with Crippen LogP contribution >= 0.6 is 15.9 Å². The van der Waals surface area contributed by atoms with Gasteiger partial charge in [0.25, 0.3) is 0 Å². The highest BCUT2D eigenvalue weighted by Gasteiger charge is 2.00. The molecule has 0 bridgehead atoms. The molecule has 0 spiro atoms. The topological polar surface area (TPSA) is 21.3 Å². The molecule has 18 heavy (non-hydrogen) atoms. The minimum Gasteiger partial charge on any atom is -0.497 e. The van der Waals surface area contributed by atoms with E-state index < -0.39 is 0 Å². The SMILES string of the molecule is COc1cccc(CNc2cc(C)ccc2Br)c1. The number of rotatable bonds is 4. The highest BCUT2D eigenvalue weighted by atomic mass is 79.9. The average Bonchev–Trinajstić information content (AvgIpc) is 2.40. The highest BCUT2D eigenvalue weighted by Crippen LogP contribution is 2.24. The predicted molar refractivity (Wildman–Crippen MR) is 79.2 cm³/mol. The van der Waals surface area contributed by atoms with Gasteiger partial charge in [-0.05, 0) is 58.2 Å². The normalized spacial score (nSPS) is 10.2. The van der Waals surface area contributed by atoms with Gasteiger partial charge in [0.15, 0.2) is 0 Å². The second-order valence-corrected chi connectivity index (χ2v) is 5.04. The number of halogens is 1. The molecule has 2 aromatic carbocycles. The van der Waals surface area contributed by atoms with Gasteiger partial charge in [0.1, 0.15) is 5.75 Å². The lowest BCUT2D eigenvalue weighted by atomic mass is 10.2. The molecule has 0 radical (unpaired) electrons. The fourth-order valence-electron chi connectivity index (χ4n) is 1.75. The van der Waals surface area contributed by atoms with E-state index in [9.17, 15) is 0 Å². The quantitative estimate of drug-likeness (QED) is 0.905. The van der Waals surface area contributed by atoms with E-state index in [4.69, 9.17) is 4.74 Å². The number of hydrogen-bond acceptors (Lipinski definition) is 2. The first kappa shape index (κ1) is 13.0. The van der Waals surface area contributed by atoms with Crippen LogP contribution in [0.3, 0.4) is 0 Å². The first-order chi connectivity index (χ1) is 8.69. The van der Waals surface area contributed by atoms with Crippen molar-refractivity contribution in [2.24, 2.45) is 0 Å². The van der Waals surface area contributed by atoms with E-state index in [0.717, 1.165) is 22.5 Å². The van der Waals surface area contributed by atoms with Gasteiger partial charge in [-0.3, -0.25) is 0 Å². The van der Waals surface area contributed by atoms with Crippen LogP contribution in [0.15, 0.2) is 46.9 Å². The Hall–Kier alpha value is -1.48. The molecule has 2 aromatic rings. The van der Waals surface area contributed by atoms with Crippen molar-refractivity contribution in [2.45, 2.75) is 13.5 Å². The van der Waals surface area contributed by atoms with Crippen LogP contribution in [-0.4, -0.2) is 7.11 Å². The molecule has 0 saturated carbocycles. The number of benzene rings is 2. The summed E-state index contributed by atoms with van der Waals surface area (Å²) in [6.07, 6.45) is 0. The van der Waals surface area contributed by atoms with Gasteiger partial charge in [-0.15, -0.1) is 0 Å². The molecule has 3 heteroatoms. The molecule has 2 rings (SSSR count). The summed E-state index contributed by atoms with van der Waals surface area (Å²) in [5.74, 6) is 0.887. The zero-order valence-electron chi connectivity index (χ0n) is 10.5. The zero-order valence-corrected chi connectivity index (χ0v) is 12.1. The van der Waals surface area contributed by atoms with Gasteiger partial charge >= 0.3 is 0 Å². The lowest BCUT2D eigenvalue weighted by Gasteiger charge is -2.10. The Morgan fingerprint density at radius 1 is 1.17 bits per heavy atom. The van der Waals surface area contributed by atoms with Crippen molar-refractivity contribution in [3.05, 3.63) is 58.1 Å². The fourth-order valence-corrected chi connectivity index (χ4v) is 2.14. The van der Waals surface area contributed by atoms with Crippen LogP contribution in [0.1, 0.15) is 11.1 Å². The average molecular weight is 306 g/mol. The summed E-state index contributed by atoms with van der Waals surface area (Å²) in [7, 11) is 1.68. The molecule has 0 aliphatic rings. The molecule has 0 saturated heterocycles. The summed E-state index contributed by atoms with van der Waals surface area (Å²) >= 11 is 3.54. The first-order valence-corrected chi connectivity index (χ1v) is 6.61. The van der Waals surface area contributed by atoms with Gasteiger partial charge in [0.05, 0.1) is 7.11 Å². The monoisotopic (exact) mass is 305 g/mol. The maximum atomic E-state index is 5.21. The van der Waals surface area contributed by atoms with Crippen LogP contribution in [-0.2, 0) is 6.54 Å². The van der Waals surface area contributed by atoms with Crippen LogP contribution in [0.5, 0.6) is 5.75 Å². The second-order valence-electron chi connectivity index (χ2n) is 4.19. The van der Waals surface area contributed by atoms with Crippen molar-refractivity contribution in [3.8, 4) is 5.75 Å². The van der Waals surface area contributed by atoms with Crippen molar-refractivity contribution in [1.29, 1.82) is 0 Å². The Morgan fingerprint density at radius 2 is 2.00 bits per heavy atom. The number of nitrogens with one attached hydrogen (secondary N) is 1. The molecule has 0 amide bonds. The van der Waals surface area contributed by atoms with Crippen molar-refractivity contribution in [3.63, 3.8) is 0 Å². The van der Waals surface area contributed by atoms with Crippen LogP contribution in [0.25, 0.3) is 0 Å². The minimum absolute atomic E-state index is 0.777. The molecule has 0 unspecified atom stereocenters. The third-order valence-electron chi connectivity index (χ3n) is 2.74. The van der Waals surface area contributed by atoms with Crippen LogP contribution in [0.4, 0.5) is 5.69 Å². The molecule has 0 aliphatic carbocycles. The Kier molecular flexibility index (Phi) is 4.26. The summed E-state index contributed by atoms with van der Waals surface area (Å²) in [4.78, 5) is 0. The summed E-state index contributed by atoms with van der Waals surface area (Å²) < 4.78 is 6.29. The summed E-state index contributed by atoms with van der Waals surface area (Å²) in [5, 5.41) is 3.42. The van der Waals surface area contributed by atoms with Gasteiger partial charge in [0.2, 0.25) is 0 Å². The van der Waals surface area contributed by atoms with Crippen molar-refractivity contribution in [1.82, 2.24) is 0 Å². The van der Waals surface area contributed by atoms with Gasteiger partial charge in [-0.1, -0.05) is 18.2 Å². The zero-order chi connectivity index (χ0) is 13.0. The molecule has 0 aromatic heterocycles. The molecule has 0 fully saturated rings. The summed E-state index contributed by atoms with van der Waals surface area (Å²) in [5.41, 5.74) is 3.55. The smallest absolute Gasteiger partial charge is 0.119 e. The number of ether oxygens (including phenoxy) is 1. The number of anilines is 1. The molecule has 0 aliphatic heterocycles. The fraction of sp³-hybridized carbons (Fsp3) is 0.200. The third-order valence-corrected chi connectivity index (χ3v) is 3.43. The van der Waals surface area contributed by atoms with Crippen LogP contribution in [0, 0.1) is 6.92 Å². The van der Waals surface area contributed by atoms with Gasteiger partial charge in [0, 0.05) is 16.7 Å². The molecule has 94 valence electrons. The number of aryl methyl sites for hydroxylation is 1. The standard InChI is InChI=1S/C15H16BrNO/c1-11-6-7-14(16)15(8-11)17-10-12-4-3-5-13(9-12)18-2/h3-9,17H,10H2,1-2H3. The van der Waals surface area contributed by atoms with E-state index in [2.05, 4.69) is 52.4 Å². The molecular formula is C15H16BrNO. The maximum absolute atomic E-state index is 5.21. The number of methoxy groups -OCH3 is 1. The van der Waals surface area contributed by atoms with Crippen molar-refractivity contribution >= 4 is 21.6 Å². The Balaban J connectivity index is 2.08. The molecule has 0 atom stereocenters. The van der Waals surface area contributed by atoms with Gasteiger partial charge in [-0.25, -0.2) is 0 Å². The van der Waals surface area contributed by atoms with Crippen molar-refractivity contribution in [2.75, 3.05) is 12.4 Å². The van der Waals surface area contributed by atoms with E-state index in [1.54, 1.807) is 7.11 Å². The Morgan fingerprint density at radius 3 is 2.78 bits per heavy atom.